The highest BCUT2D eigenvalue weighted by atomic mass is 35.5. The van der Waals surface area contributed by atoms with E-state index in [0.29, 0.717) is 17.2 Å². The summed E-state index contributed by atoms with van der Waals surface area (Å²) < 4.78 is 11.0. The van der Waals surface area contributed by atoms with Crippen LogP contribution in [0.3, 0.4) is 0 Å². The monoisotopic (exact) mass is 421 g/mol. The summed E-state index contributed by atoms with van der Waals surface area (Å²) in [7, 11) is 1.74. The third-order valence-electron chi connectivity index (χ3n) is 6.31. The Bertz CT molecular complexity index is 729. The van der Waals surface area contributed by atoms with Gasteiger partial charge < -0.3 is 24.6 Å². The number of carbonyl (C=O) groups excluding carboxylic acids is 1. The highest BCUT2D eigenvalue weighted by Gasteiger charge is 2.30. The Labute approximate surface area is 178 Å². The molecule has 0 aromatic heterocycles. The number of ether oxygens (including phenoxy) is 2. The number of halogens is 1. The van der Waals surface area contributed by atoms with Gasteiger partial charge in [-0.15, -0.1) is 0 Å². The molecule has 2 fully saturated rings. The summed E-state index contributed by atoms with van der Waals surface area (Å²) in [5.41, 5.74) is 2.78. The van der Waals surface area contributed by atoms with E-state index in [1.54, 1.807) is 7.11 Å². The first kappa shape index (κ1) is 20.8. The lowest BCUT2D eigenvalue weighted by atomic mass is 10.0. The van der Waals surface area contributed by atoms with Crippen LogP contribution in [0.5, 0.6) is 5.75 Å². The minimum absolute atomic E-state index is 0.0594. The molecule has 2 saturated heterocycles. The largest absolute Gasteiger partial charge is 0.492 e. The number of fused-ring (bicyclic) bond motifs is 1. The summed E-state index contributed by atoms with van der Waals surface area (Å²) in [6.07, 6.45) is 6.21. The van der Waals surface area contributed by atoms with Crippen LogP contribution in [0, 0.1) is 0 Å². The van der Waals surface area contributed by atoms with E-state index in [9.17, 15) is 4.79 Å². The van der Waals surface area contributed by atoms with Gasteiger partial charge >= 0.3 is 0 Å². The van der Waals surface area contributed by atoms with E-state index in [1.165, 1.54) is 12.8 Å². The first-order valence-electron chi connectivity index (χ1n) is 10.9. The zero-order valence-electron chi connectivity index (χ0n) is 17.3. The Morgan fingerprint density at radius 2 is 2.03 bits per heavy atom. The summed E-state index contributed by atoms with van der Waals surface area (Å²) in [4.78, 5) is 17.8. The summed E-state index contributed by atoms with van der Waals surface area (Å²) in [5.74, 6) is 0.682. The molecule has 0 unspecified atom stereocenters. The number of methoxy groups -OCH3 is 1. The van der Waals surface area contributed by atoms with Gasteiger partial charge in [-0.3, -0.25) is 4.79 Å². The quantitative estimate of drug-likeness (QED) is 0.685. The molecule has 29 heavy (non-hydrogen) atoms. The maximum atomic E-state index is 13.1. The van der Waals surface area contributed by atoms with Crippen molar-refractivity contribution < 1.29 is 14.3 Å². The zero-order chi connectivity index (χ0) is 20.2. The van der Waals surface area contributed by atoms with Crippen LogP contribution in [0.15, 0.2) is 6.07 Å². The Balaban J connectivity index is 1.41. The lowest BCUT2D eigenvalue weighted by Crippen LogP contribution is -2.45. The van der Waals surface area contributed by atoms with E-state index in [2.05, 4.69) is 15.1 Å². The van der Waals surface area contributed by atoms with Gasteiger partial charge in [0.1, 0.15) is 5.75 Å². The van der Waals surface area contributed by atoms with Crippen molar-refractivity contribution in [3.63, 3.8) is 0 Å². The smallest absolute Gasteiger partial charge is 0.255 e. The second-order valence-corrected chi connectivity index (χ2v) is 8.70. The van der Waals surface area contributed by atoms with Crippen molar-refractivity contribution in [2.24, 2.45) is 0 Å². The fourth-order valence-electron chi connectivity index (χ4n) is 4.77. The van der Waals surface area contributed by atoms with Crippen LogP contribution < -0.4 is 15.0 Å². The maximum absolute atomic E-state index is 13.1. The molecule has 0 aliphatic carbocycles. The molecule has 3 aliphatic heterocycles. The lowest BCUT2D eigenvalue weighted by Gasteiger charge is -2.32. The predicted molar refractivity (Wildman–Crippen MR) is 116 cm³/mol. The molecule has 1 amide bonds. The highest BCUT2D eigenvalue weighted by Crippen LogP contribution is 2.43. The van der Waals surface area contributed by atoms with Gasteiger partial charge in [0.2, 0.25) is 0 Å². The van der Waals surface area contributed by atoms with Gasteiger partial charge in [-0.1, -0.05) is 11.6 Å². The molecular weight excluding hydrogens is 390 g/mol. The second-order valence-electron chi connectivity index (χ2n) is 8.29. The number of benzene rings is 1. The van der Waals surface area contributed by atoms with Gasteiger partial charge in [-0.05, 0) is 38.2 Å². The average Bonchev–Trinajstić information content (AvgIpc) is 3.41. The van der Waals surface area contributed by atoms with Gasteiger partial charge in [0.25, 0.3) is 5.91 Å². The van der Waals surface area contributed by atoms with Crippen molar-refractivity contribution >= 4 is 23.2 Å². The summed E-state index contributed by atoms with van der Waals surface area (Å²) in [5, 5.41) is 3.90. The maximum Gasteiger partial charge on any atom is 0.255 e. The third kappa shape index (κ3) is 4.65. The molecule has 0 bridgehead atoms. The molecular formula is C22H32ClN3O3. The topological polar surface area (TPSA) is 54.0 Å². The number of nitrogens with one attached hydrogen (secondary N) is 1. The number of piperidine rings is 1. The summed E-state index contributed by atoms with van der Waals surface area (Å²) >= 11 is 6.67. The van der Waals surface area contributed by atoms with E-state index >= 15 is 0 Å². The number of anilines is 1. The van der Waals surface area contributed by atoms with Crippen molar-refractivity contribution in [1.82, 2.24) is 10.2 Å². The van der Waals surface area contributed by atoms with E-state index in [1.807, 2.05) is 6.07 Å². The van der Waals surface area contributed by atoms with Gasteiger partial charge in [-0.2, -0.15) is 0 Å². The normalized spacial score (nSPS) is 20.0. The number of hydrogen-bond donors (Lipinski definition) is 1. The molecule has 0 atom stereocenters. The van der Waals surface area contributed by atoms with Crippen LogP contribution >= 0.6 is 11.6 Å². The van der Waals surface area contributed by atoms with Crippen LogP contribution in [-0.2, 0) is 11.2 Å². The fraction of sp³-hybridized carbons (Fsp3) is 0.682. The van der Waals surface area contributed by atoms with Crippen molar-refractivity contribution in [2.75, 3.05) is 57.9 Å². The van der Waals surface area contributed by atoms with E-state index < -0.39 is 0 Å². The van der Waals surface area contributed by atoms with E-state index in [4.69, 9.17) is 21.1 Å². The Hall–Kier alpha value is -1.50. The number of likely N-dealkylation sites (tertiary alicyclic amines) is 1. The number of amides is 1. The molecule has 1 N–H and O–H groups in total. The molecule has 3 aliphatic rings. The van der Waals surface area contributed by atoms with Crippen LogP contribution in [0.2, 0.25) is 5.02 Å². The number of carbonyl (C=O) groups is 1. The van der Waals surface area contributed by atoms with E-state index in [0.717, 1.165) is 82.0 Å². The zero-order valence-corrected chi connectivity index (χ0v) is 18.1. The molecule has 6 nitrogen and oxygen atoms in total. The molecule has 0 spiro atoms. The molecule has 0 saturated carbocycles. The van der Waals surface area contributed by atoms with Crippen LogP contribution in [0.1, 0.15) is 48.0 Å². The Kier molecular flexibility index (Phi) is 6.83. The molecule has 1 aromatic rings. The number of rotatable bonds is 7. The van der Waals surface area contributed by atoms with Gasteiger partial charge in [0, 0.05) is 64.5 Å². The van der Waals surface area contributed by atoms with Crippen molar-refractivity contribution in [1.29, 1.82) is 0 Å². The SMILES string of the molecule is COCCCN1CCC(NC(=O)c2cc(Cl)c(N3CCCC3)c3c2OCC3)CC1. The predicted octanol–water partition coefficient (Wildman–Crippen LogP) is 3.11. The fourth-order valence-corrected chi connectivity index (χ4v) is 5.12. The first-order chi connectivity index (χ1) is 14.2. The molecule has 4 rings (SSSR count). The van der Waals surface area contributed by atoms with Crippen molar-refractivity contribution in [2.45, 2.75) is 44.6 Å². The van der Waals surface area contributed by atoms with Crippen LogP contribution in [-0.4, -0.2) is 69.9 Å². The first-order valence-corrected chi connectivity index (χ1v) is 11.3. The summed E-state index contributed by atoms with van der Waals surface area (Å²) in [6.45, 7) is 6.56. The highest BCUT2D eigenvalue weighted by molar-refractivity contribution is 6.34. The van der Waals surface area contributed by atoms with Crippen LogP contribution in [0.25, 0.3) is 0 Å². The minimum atomic E-state index is -0.0594. The van der Waals surface area contributed by atoms with Crippen molar-refractivity contribution in [3.05, 3.63) is 22.2 Å². The molecule has 0 radical (unpaired) electrons. The average molecular weight is 422 g/mol. The lowest BCUT2D eigenvalue weighted by molar-refractivity contribution is 0.0904. The van der Waals surface area contributed by atoms with Gasteiger partial charge in [0.15, 0.2) is 0 Å². The van der Waals surface area contributed by atoms with Crippen molar-refractivity contribution in [3.8, 4) is 5.75 Å². The molecule has 160 valence electrons. The Morgan fingerprint density at radius 1 is 1.28 bits per heavy atom. The van der Waals surface area contributed by atoms with Gasteiger partial charge in [0.05, 0.1) is 22.9 Å². The molecule has 1 aromatic carbocycles. The van der Waals surface area contributed by atoms with Gasteiger partial charge in [-0.25, -0.2) is 0 Å². The standard InChI is InChI=1S/C22H32ClN3O3/c1-28-13-4-8-25-11-5-16(6-12-25)24-22(27)18-15-19(23)20(26-9-2-3-10-26)17-7-14-29-21(17)18/h15-16H,2-14H2,1H3,(H,24,27). The Morgan fingerprint density at radius 3 is 2.76 bits per heavy atom. The minimum Gasteiger partial charge on any atom is -0.492 e. The second kappa shape index (κ2) is 9.54. The molecule has 3 heterocycles. The number of hydrogen-bond acceptors (Lipinski definition) is 5. The molecule has 7 heteroatoms. The number of nitrogens with zero attached hydrogens (tertiary/aromatic N) is 2. The summed E-state index contributed by atoms with van der Waals surface area (Å²) in [6, 6.07) is 2.02. The van der Waals surface area contributed by atoms with Crippen LogP contribution in [0.4, 0.5) is 5.69 Å². The van der Waals surface area contributed by atoms with E-state index in [-0.39, 0.29) is 11.9 Å². The third-order valence-corrected chi connectivity index (χ3v) is 6.60.